The van der Waals surface area contributed by atoms with E-state index in [-0.39, 0.29) is 0 Å². The molecule has 0 amide bonds. The molecule has 0 aliphatic carbocycles. The minimum Gasteiger partial charge on any atom is -0.462 e. The quantitative estimate of drug-likeness (QED) is 0.135. The topological polar surface area (TPSA) is 52.6 Å². The zero-order chi connectivity index (χ0) is 26.0. The van der Waals surface area contributed by atoms with Gasteiger partial charge in [0, 0.05) is 0 Å². The van der Waals surface area contributed by atoms with Gasteiger partial charge >= 0.3 is 11.9 Å². The summed E-state index contributed by atoms with van der Waals surface area (Å²) in [6.45, 7) is 9.67. The van der Waals surface area contributed by atoms with Crippen molar-refractivity contribution in [3.8, 4) is 0 Å². The fourth-order valence-electron chi connectivity index (χ4n) is 3.77. The number of rotatable bonds is 20. The van der Waals surface area contributed by atoms with Gasteiger partial charge in [-0.25, -0.2) is 9.59 Å². The molecule has 1 aromatic rings. The maximum Gasteiger partial charge on any atom is 0.339 e. The van der Waals surface area contributed by atoms with Crippen LogP contribution >= 0.6 is 0 Å². The number of hydrogen-bond acceptors (Lipinski definition) is 4. The van der Waals surface area contributed by atoms with Gasteiger partial charge in [0.15, 0.2) is 0 Å². The van der Waals surface area contributed by atoms with Crippen LogP contribution < -0.4 is 0 Å². The summed E-state index contributed by atoms with van der Waals surface area (Å²) < 4.78 is 10.7. The van der Waals surface area contributed by atoms with Crippen LogP contribution in [0, 0.1) is 0 Å². The summed E-state index contributed by atoms with van der Waals surface area (Å²) in [6, 6.07) is 6.74. The third-order valence-corrected chi connectivity index (χ3v) is 6.04. The smallest absolute Gasteiger partial charge is 0.339 e. The standard InChI is InChI=1S/C24H38O4.C7H16/c1-3-5-7-9-11-15-19-27-23(25)21-17-13-14-18-22(21)24(26)28-20-16-12-10-8-6-4-2;1-3-5-7-6-4-2/h13-14,17-18H,3-12,15-16,19-20H2,1-2H3;3-7H2,1-2H3. The molecule has 0 radical (unpaired) electrons. The molecule has 0 heterocycles. The highest BCUT2D eigenvalue weighted by atomic mass is 16.5. The SMILES string of the molecule is CCCCCCC.CCCCCCCCOC(=O)c1ccccc1C(=O)OCCCCCCCC. The molecule has 0 atom stereocenters. The van der Waals surface area contributed by atoms with E-state index in [1.165, 1.54) is 83.5 Å². The molecule has 0 bridgehead atoms. The number of ether oxygens (including phenoxy) is 2. The van der Waals surface area contributed by atoms with Crippen molar-refractivity contribution in [2.24, 2.45) is 0 Å². The fourth-order valence-corrected chi connectivity index (χ4v) is 3.77. The summed E-state index contributed by atoms with van der Waals surface area (Å²) in [5.74, 6) is -0.888. The lowest BCUT2D eigenvalue weighted by molar-refractivity contribution is 0.0450. The third-order valence-electron chi connectivity index (χ3n) is 6.04. The van der Waals surface area contributed by atoms with Crippen LogP contribution in [0.15, 0.2) is 24.3 Å². The van der Waals surface area contributed by atoms with Gasteiger partial charge < -0.3 is 9.47 Å². The van der Waals surface area contributed by atoms with Crippen LogP contribution in [0.5, 0.6) is 0 Å². The maximum absolute atomic E-state index is 12.4. The number of carbonyl (C=O) groups excluding carboxylic acids is 2. The van der Waals surface area contributed by atoms with Crippen molar-refractivity contribution in [2.75, 3.05) is 13.2 Å². The van der Waals surface area contributed by atoms with Crippen LogP contribution in [0.25, 0.3) is 0 Å². The zero-order valence-corrected chi connectivity index (χ0v) is 23.4. The molecule has 1 rings (SSSR count). The summed E-state index contributed by atoms with van der Waals surface area (Å²) in [5, 5.41) is 0. The molecule has 0 aromatic heterocycles. The average molecular weight is 491 g/mol. The largest absolute Gasteiger partial charge is 0.462 e. The highest BCUT2D eigenvalue weighted by Crippen LogP contribution is 2.14. The number of carbonyl (C=O) groups is 2. The monoisotopic (exact) mass is 490 g/mol. The Kier molecular flexibility index (Phi) is 23.9. The Hall–Kier alpha value is -1.84. The summed E-state index contributed by atoms with van der Waals surface area (Å²) >= 11 is 0. The van der Waals surface area contributed by atoms with E-state index in [1.807, 2.05) is 0 Å². The molecule has 0 unspecified atom stereocenters. The van der Waals surface area contributed by atoms with Gasteiger partial charge in [-0.2, -0.15) is 0 Å². The highest BCUT2D eigenvalue weighted by molar-refractivity contribution is 6.03. The number of benzene rings is 1. The van der Waals surface area contributed by atoms with Crippen LogP contribution in [-0.2, 0) is 9.47 Å². The second-order valence-corrected chi connectivity index (χ2v) is 9.41. The second kappa shape index (κ2) is 25.3. The molecule has 35 heavy (non-hydrogen) atoms. The Bertz CT molecular complexity index is 573. The summed E-state index contributed by atoms with van der Waals surface area (Å²) in [5.41, 5.74) is 0.586. The Morgan fingerprint density at radius 3 is 1.11 bits per heavy atom. The first kappa shape index (κ1) is 33.2. The minimum atomic E-state index is -0.444. The lowest BCUT2D eigenvalue weighted by Gasteiger charge is -2.10. The third kappa shape index (κ3) is 19.1. The Labute approximate surface area is 216 Å². The van der Waals surface area contributed by atoms with Crippen LogP contribution in [-0.4, -0.2) is 25.2 Å². The molecule has 0 aliphatic heterocycles. The van der Waals surface area contributed by atoms with Crippen LogP contribution in [0.3, 0.4) is 0 Å². The van der Waals surface area contributed by atoms with E-state index >= 15 is 0 Å². The van der Waals surface area contributed by atoms with Gasteiger partial charge in [-0.05, 0) is 25.0 Å². The lowest BCUT2D eigenvalue weighted by Crippen LogP contribution is -2.15. The van der Waals surface area contributed by atoms with Gasteiger partial charge in [0.2, 0.25) is 0 Å². The molecular weight excluding hydrogens is 436 g/mol. The van der Waals surface area contributed by atoms with Crippen LogP contribution in [0.2, 0.25) is 0 Å². The van der Waals surface area contributed by atoms with Gasteiger partial charge in [-0.3, -0.25) is 0 Å². The van der Waals surface area contributed by atoms with Gasteiger partial charge in [-0.1, -0.05) is 136 Å². The molecule has 4 heteroatoms. The van der Waals surface area contributed by atoms with E-state index in [0.29, 0.717) is 24.3 Å². The van der Waals surface area contributed by atoms with Crippen molar-refractivity contribution in [3.63, 3.8) is 0 Å². The minimum absolute atomic E-state index is 0.293. The molecule has 0 saturated carbocycles. The molecule has 0 saturated heterocycles. The Morgan fingerprint density at radius 2 is 0.771 bits per heavy atom. The maximum atomic E-state index is 12.4. The number of hydrogen-bond donors (Lipinski definition) is 0. The molecular formula is C31H54O4. The van der Waals surface area contributed by atoms with Crippen molar-refractivity contribution in [1.82, 2.24) is 0 Å². The molecule has 4 nitrogen and oxygen atoms in total. The van der Waals surface area contributed by atoms with E-state index in [1.54, 1.807) is 24.3 Å². The summed E-state index contributed by atoms with van der Waals surface area (Å²) in [4.78, 5) is 24.7. The van der Waals surface area contributed by atoms with E-state index in [2.05, 4.69) is 27.7 Å². The lowest BCUT2D eigenvalue weighted by atomic mass is 10.1. The Balaban J connectivity index is 0.00000143. The molecule has 0 spiro atoms. The molecule has 0 fully saturated rings. The normalized spacial score (nSPS) is 10.4. The van der Waals surface area contributed by atoms with Gasteiger partial charge in [-0.15, -0.1) is 0 Å². The van der Waals surface area contributed by atoms with Crippen molar-refractivity contribution in [2.45, 2.75) is 137 Å². The first-order valence-electron chi connectivity index (χ1n) is 14.5. The van der Waals surface area contributed by atoms with E-state index in [0.717, 1.165) is 25.7 Å². The van der Waals surface area contributed by atoms with Crippen molar-refractivity contribution in [1.29, 1.82) is 0 Å². The molecule has 202 valence electrons. The first-order chi connectivity index (χ1) is 17.1. The van der Waals surface area contributed by atoms with Crippen LogP contribution in [0.4, 0.5) is 0 Å². The second-order valence-electron chi connectivity index (χ2n) is 9.41. The van der Waals surface area contributed by atoms with Gasteiger partial charge in [0.1, 0.15) is 0 Å². The fraction of sp³-hybridized carbons (Fsp3) is 0.742. The Morgan fingerprint density at radius 1 is 0.486 bits per heavy atom. The molecule has 1 aromatic carbocycles. The van der Waals surface area contributed by atoms with Crippen molar-refractivity contribution < 1.29 is 19.1 Å². The summed E-state index contributed by atoms with van der Waals surface area (Å²) in [7, 11) is 0. The van der Waals surface area contributed by atoms with Crippen LogP contribution in [0.1, 0.15) is 158 Å². The average Bonchev–Trinajstić information content (AvgIpc) is 2.88. The van der Waals surface area contributed by atoms with Crippen molar-refractivity contribution in [3.05, 3.63) is 35.4 Å². The number of esters is 2. The highest BCUT2D eigenvalue weighted by Gasteiger charge is 2.18. The van der Waals surface area contributed by atoms with Gasteiger partial charge in [0.05, 0.1) is 24.3 Å². The van der Waals surface area contributed by atoms with Crippen molar-refractivity contribution >= 4 is 11.9 Å². The van der Waals surface area contributed by atoms with E-state index < -0.39 is 11.9 Å². The predicted molar refractivity (Wildman–Crippen MR) is 148 cm³/mol. The van der Waals surface area contributed by atoms with E-state index in [4.69, 9.17) is 9.47 Å². The van der Waals surface area contributed by atoms with Gasteiger partial charge in [0.25, 0.3) is 0 Å². The number of unbranched alkanes of at least 4 members (excludes halogenated alkanes) is 14. The first-order valence-corrected chi connectivity index (χ1v) is 14.5. The zero-order valence-electron chi connectivity index (χ0n) is 23.4. The molecule has 0 aliphatic rings. The predicted octanol–water partition coefficient (Wildman–Crippen LogP) is 9.70. The molecule has 0 N–H and O–H groups in total. The van der Waals surface area contributed by atoms with E-state index in [9.17, 15) is 9.59 Å². The summed E-state index contributed by atoms with van der Waals surface area (Å²) in [6.07, 6.45) is 20.6.